The Balaban J connectivity index is 3.03. The zero-order valence-corrected chi connectivity index (χ0v) is 8.81. The molecule has 4 atom stereocenters. The van der Waals surface area contributed by atoms with Crippen LogP contribution in [0.25, 0.3) is 0 Å². The molecule has 92 valence electrons. The SMILES string of the molecule is CC(=O)N1[C@H](O)[C@H](O)N(C(C)=O)[C@H](O)[C@@H]1O. The van der Waals surface area contributed by atoms with Gasteiger partial charge in [-0.1, -0.05) is 0 Å². The van der Waals surface area contributed by atoms with Gasteiger partial charge in [-0.05, 0) is 0 Å². The standard InChI is InChI=1S/C8H14N2O6/c1-3(11)9-5(13)7(15)10(4(2)12)8(16)6(9)14/h5-8,13-16H,1-2H3/t5-,6+,7+,8-. The summed E-state index contributed by atoms with van der Waals surface area (Å²) >= 11 is 0. The molecule has 8 heteroatoms. The topological polar surface area (TPSA) is 122 Å². The fourth-order valence-corrected chi connectivity index (χ4v) is 1.63. The zero-order valence-electron chi connectivity index (χ0n) is 8.81. The molecule has 1 heterocycles. The van der Waals surface area contributed by atoms with Crippen LogP contribution in [-0.2, 0) is 9.59 Å². The fraction of sp³-hybridized carbons (Fsp3) is 0.750. The highest BCUT2D eigenvalue weighted by Crippen LogP contribution is 2.22. The van der Waals surface area contributed by atoms with Crippen molar-refractivity contribution in [3.63, 3.8) is 0 Å². The first kappa shape index (κ1) is 12.8. The molecule has 1 fully saturated rings. The van der Waals surface area contributed by atoms with Crippen molar-refractivity contribution in [3.05, 3.63) is 0 Å². The minimum Gasteiger partial charge on any atom is -0.369 e. The average Bonchev–Trinajstić information content (AvgIpc) is 2.14. The maximum absolute atomic E-state index is 11.1. The number of piperazine rings is 1. The smallest absolute Gasteiger partial charge is 0.223 e. The lowest BCUT2D eigenvalue weighted by Crippen LogP contribution is -2.70. The van der Waals surface area contributed by atoms with E-state index in [1.165, 1.54) is 0 Å². The summed E-state index contributed by atoms with van der Waals surface area (Å²) in [5.74, 6) is -1.47. The largest absolute Gasteiger partial charge is 0.369 e. The van der Waals surface area contributed by atoms with Gasteiger partial charge in [0.25, 0.3) is 0 Å². The van der Waals surface area contributed by atoms with Crippen LogP contribution >= 0.6 is 0 Å². The molecule has 1 aliphatic rings. The number of aliphatic hydroxyl groups is 4. The number of carbonyl (C=O) groups is 2. The summed E-state index contributed by atoms with van der Waals surface area (Å²) in [6.07, 6.45) is -7.11. The summed E-state index contributed by atoms with van der Waals surface area (Å²) in [6.45, 7) is 2.10. The molecule has 0 radical (unpaired) electrons. The second-order valence-electron chi connectivity index (χ2n) is 3.51. The van der Waals surface area contributed by atoms with E-state index in [0.29, 0.717) is 9.80 Å². The van der Waals surface area contributed by atoms with Gasteiger partial charge in [0.1, 0.15) is 0 Å². The number of rotatable bonds is 0. The molecule has 2 amide bonds. The third-order valence-electron chi connectivity index (χ3n) is 2.40. The van der Waals surface area contributed by atoms with Gasteiger partial charge in [-0.3, -0.25) is 19.4 Å². The van der Waals surface area contributed by atoms with Crippen LogP contribution in [0.5, 0.6) is 0 Å². The molecule has 1 aliphatic heterocycles. The Labute approximate surface area is 91.3 Å². The summed E-state index contributed by atoms with van der Waals surface area (Å²) in [7, 11) is 0. The predicted molar refractivity (Wildman–Crippen MR) is 49.1 cm³/mol. The predicted octanol–water partition coefficient (Wildman–Crippen LogP) is -3.03. The Kier molecular flexibility index (Phi) is 3.48. The molecule has 4 N–H and O–H groups in total. The van der Waals surface area contributed by atoms with Gasteiger partial charge < -0.3 is 20.4 Å². The Morgan fingerprint density at radius 1 is 0.750 bits per heavy atom. The second-order valence-corrected chi connectivity index (χ2v) is 3.51. The summed E-state index contributed by atoms with van der Waals surface area (Å²) in [5, 5.41) is 38.0. The van der Waals surface area contributed by atoms with Gasteiger partial charge in [0.05, 0.1) is 0 Å². The van der Waals surface area contributed by atoms with Gasteiger partial charge in [0.2, 0.25) is 11.8 Å². The molecular weight excluding hydrogens is 220 g/mol. The monoisotopic (exact) mass is 234 g/mol. The summed E-state index contributed by atoms with van der Waals surface area (Å²) in [4.78, 5) is 23.1. The van der Waals surface area contributed by atoms with E-state index in [4.69, 9.17) is 0 Å². The van der Waals surface area contributed by atoms with E-state index in [0.717, 1.165) is 13.8 Å². The van der Waals surface area contributed by atoms with E-state index in [9.17, 15) is 30.0 Å². The van der Waals surface area contributed by atoms with Gasteiger partial charge >= 0.3 is 0 Å². The van der Waals surface area contributed by atoms with Gasteiger partial charge in [0, 0.05) is 13.8 Å². The van der Waals surface area contributed by atoms with Gasteiger partial charge in [-0.25, -0.2) is 0 Å². The first-order valence-corrected chi connectivity index (χ1v) is 4.59. The van der Waals surface area contributed by atoms with E-state index >= 15 is 0 Å². The highest BCUT2D eigenvalue weighted by Gasteiger charge is 2.47. The Morgan fingerprint density at radius 3 is 1.06 bits per heavy atom. The Morgan fingerprint density at radius 2 is 0.938 bits per heavy atom. The molecule has 0 aromatic carbocycles. The summed E-state index contributed by atoms with van der Waals surface area (Å²) in [5.41, 5.74) is 0. The van der Waals surface area contributed by atoms with E-state index < -0.39 is 36.7 Å². The van der Waals surface area contributed by atoms with E-state index in [1.807, 2.05) is 0 Å². The molecule has 0 saturated carbocycles. The van der Waals surface area contributed by atoms with Gasteiger partial charge in [-0.15, -0.1) is 0 Å². The molecule has 0 aromatic rings. The fourth-order valence-electron chi connectivity index (χ4n) is 1.63. The van der Waals surface area contributed by atoms with E-state index in [-0.39, 0.29) is 0 Å². The van der Waals surface area contributed by atoms with Crippen molar-refractivity contribution in [1.82, 2.24) is 9.80 Å². The van der Waals surface area contributed by atoms with Crippen molar-refractivity contribution in [3.8, 4) is 0 Å². The minimum atomic E-state index is -1.78. The van der Waals surface area contributed by atoms with Gasteiger partial charge in [-0.2, -0.15) is 0 Å². The van der Waals surface area contributed by atoms with E-state index in [2.05, 4.69) is 0 Å². The normalized spacial score (nSPS) is 35.1. The lowest BCUT2D eigenvalue weighted by atomic mass is 10.2. The minimum absolute atomic E-state index is 0.495. The molecule has 1 saturated heterocycles. The number of amides is 2. The average molecular weight is 234 g/mol. The highest BCUT2D eigenvalue weighted by molar-refractivity contribution is 5.76. The van der Waals surface area contributed by atoms with Crippen molar-refractivity contribution in [2.45, 2.75) is 38.8 Å². The van der Waals surface area contributed by atoms with Crippen LogP contribution in [0.3, 0.4) is 0 Å². The lowest BCUT2D eigenvalue weighted by Gasteiger charge is -2.47. The molecule has 1 rings (SSSR count). The number of nitrogens with zero attached hydrogens (tertiary/aromatic N) is 2. The molecule has 0 aromatic heterocycles. The third-order valence-corrected chi connectivity index (χ3v) is 2.40. The first-order valence-electron chi connectivity index (χ1n) is 4.59. The van der Waals surface area contributed by atoms with E-state index in [1.54, 1.807) is 0 Å². The van der Waals surface area contributed by atoms with Crippen LogP contribution in [0.2, 0.25) is 0 Å². The van der Waals surface area contributed by atoms with Crippen molar-refractivity contribution in [2.24, 2.45) is 0 Å². The van der Waals surface area contributed by atoms with Crippen molar-refractivity contribution in [1.29, 1.82) is 0 Å². The maximum Gasteiger partial charge on any atom is 0.223 e. The molecule has 0 bridgehead atoms. The Hall–Kier alpha value is -1.22. The van der Waals surface area contributed by atoms with Crippen LogP contribution in [0, 0.1) is 0 Å². The molecule has 16 heavy (non-hydrogen) atoms. The van der Waals surface area contributed by atoms with Crippen molar-refractivity contribution in [2.75, 3.05) is 0 Å². The van der Waals surface area contributed by atoms with Crippen LogP contribution in [-0.4, -0.2) is 67.0 Å². The molecular formula is C8H14N2O6. The van der Waals surface area contributed by atoms with Crippen LogP contribution < -0.4 is 0 Å². The van der Waals surface area contributed by atoms with Crippen LogP contribution in [0.1, 0.15) is 13.8 Å². The Bertz CT molecular complexity index is 263. The lowest BCUT2D eigenvalue weighted by molar-refractivity contribution is -0.281. The second kappa shape index (κ2) is 4.34. The maximum atomic E-state index is 11.1. The molecule has 8 nitrogen and oxygen atoms in total. The molecule has 0 unspecified atom stereocenters. The summed E-state index contributed by atoms with van der Waals surface area (Å²) < 4.78 is 0. The summed E-state index contributed by atoms with van der Waals surface area (Å²) in [6, 6.07) is 0. The van der Waals surface area contributed by atoms with Crippen molar-refractivity contribution < 1.29 is 30.0 Å². The molecule has 0 spiro atoms. The third kappa shape index (κ3) is 1.87. The number of carbonyl (C=O) groups excluding carboxylic acids is 2. The van der Waals surface area contributed by atoms with Crippen LogP contribution in [0.4, 0.5) is 0 Å². The zero-order chi connectivity index (χ0) is 12.6. The molecule has 0 aliphatic carbocycles. The van der Waals surface area contributed by atoms with Gasteiger partial charge in [0.15, 0.2) is 24.9 Å². The number of hydrogen-bond acceptors (Lipinski definition) is 6. The highest BCUT2D eigenvalue weighted by atomic mass is 16.4. The van der Waals surface area contributed by atoms with Crippen molar-refractivity contribution >= 4 is 11.8 Å². The number of hydrogen-bond donors (Lipinski definition) is 4. The van der Waals surface area contributed by atoms with Crippen LogP contribution in [0.15, 0.2) is 0 Å². The first-order chi connectivity index (χ1) is 7.29. The quantitative estimate of drug-likeness (QED) is 0.354. The number of aliphatic hydroxyl groups excluding tert-OH is 4.